The smallest absolute Gasteiger partial charge is 0.323 e. The van der Waals surface area contributed by atoms with E-state index in [2.05, 4.69) is 16.0 Å². The standard InChI is InChI=1S/C18H20FN3O2/c1-2-24-17-6-4-14(19)10-16(17)22-18(23)21-15-5-3-13-11-20-8-7-12(13)9-15/h3-6,9-10,20H,2,7-8,11H2,1H3,(H2,21,22,23). The zero-order chi connectivity index (χ0) is 16.9. The van der Waals surface area contributed by atoms with Crippen LogP contribution in [0.4, 0.5) is 20.6 Å². The first-order valence-corrected chi connectivity index (χ1v) is 7.98. The van der Waals surface area contributed by atoms with E-state index in [0.717, 1.165) is 19.5 Å². The van der Waals surface area contributed by atoms with E-state index < -0.39 is 11.8 Å². The van der Waals surface area contributed by atoms with E-state index in [-0.39, 0.29) is 0 Å². The second-order valence-corrected chi connectivity index (χ2v) is 5.56. The van der Waals surface area contributed by atoms with Crippen molar-refractivity contribution in [1.29, 1.82) is 0 Å². The van der Waals surface area contributed by atoms with Gasteiger partial charge < -0.3 is 20.7 Å². The molecule has 0 radical (unpaired) electrons. The predicted molar refractivity (Wildman–Crippen MR) is 92.1 cm³/mol. The molecule has 0 unspecified atom stereocenters. The lowest BCUT2D eigenvalue weighted by Crippen LogP contribution is -2.24. The minimum Gasteiger partial charge on any atom is -0.492 e. The number of hydrogen-bond acceptors (Lipinski definition) is 3. The minimum atomic E-state index is -0.435. The van der Waals surface area contributed by atoms with E-state index in [1.807, 2.05) is 25.1 Å². The molecule has 0 spiro atoms. The molecule has 2 amide bonds. The van der Waals surface area contributed by atoms with Crippen LogP contribution in [0.25, 0.3) is 0 Å². The van der Waals surface area contributed by atoms with Gasteiger partial charge in [0.1, 0.15) is 11.6 Å². The van der Waals surface area contributed by atoms with Gasteiger partial charge in [-0.1, -0.05) is 6.07 Å². The zero-order valence-corrected chi connectivity index (χ0v) is 13.5. The first-order chi connectivity index (χ1) is 11.7. The highest BCUT2D eigenvalue weighted by atomic mass is 19.1. The molecule has 1 aliphatic heterocycles. The van der Waals surface area contributed by atoms with Gasteiger partial charge in [0.05, 0.1) is 12.3 Å². The Morgan fingerprint density at radius 1 is 1.21 bits per heavy atom. The first-order valence-electron chi connectivity index (χ1n) is 7.98. The van der Waals surface area contributed by atoms with Crippen LogP contribution in [0.1, 0.15) is 18.1 Å². The number of fused-ring (bicyclic) bond motifs is 1. The molecule has 0 saturated heterocycles. The molecule has 0 aliphatic carbocycles. The molecular formula is C18H20FN3O2. The molecule has 3 N–H and O–H groups in total. The van der Waals surface area contributed by atoms with Crippen molar-refractivity contribution >= 4 is 17.4 Å². The third-order valence-corrected chi connectivity index (χ3v) is 3.84. The molecule has 6 heteroatoms. The van der Waals surface area contributed by atoms with Gasteiger partial charge in [-0.2, -0.15) is 0 Å². The molecule has 0 aromatic heterocycles. The number of nitrogens with one attached hydrogen (secondary N) is 3. The number of benzene rings is 2. The van der Waals surface area contributed by atoms with Crippen LogP contribution >= 0.6 is 0 Å². The Morgan fingerprint density at radius 2 is 2.08 bits per heavy atom. The summed E-state index contributed by atoms with van der Waals surface area (Å²) < 4.78 is 18.8. The maximum atomic E-state index is 13.4. The Morgan fingerprint density at radius 3 is 2.92 bits per heavy atom. The molecule has 0 atom stereocenters. The fourth-order valence-corrected chi connectivity index (χ4v) is 2.72. The lowest BCUT2D eigenvalue weighted by Gasteiger charge is -2.18. The summed E-state index contributed by atoms with van der Waals surface area (Å²) in [5.41, 5.74) is 3.49. The van der Waals surface area contributed by atoms with Gasteiger partial charge in [0, 0.05) is 18.3 Å². The van der Waals surface area contributed by atoms with Gasteiger partial charge in [-0.25, -0.2) is 9.18 Å². The fourth-order valence-electron chi connectivity index (χ4n) is 2.72. The molecule has 3 rings (SSSR count). The van der Waals surface area contributed by atoms with Crippen molar-refractivity contribution in [3.05, 3.63) is 53.3 Å². The average Bonchev–Trinajstić information content (AvgIpc) is 2.57. The largest absolute Gasteiger partial charge is 0.492 e. The molecule has 126 valence electrons. The SMILES string of the molecule is CCOc1ccc(F)cc1NC(=O)Nc1ccc2c(c1)CCNC2. The van der Waals surface area contributed by atoms with Crippen LogP contribution in [0.3, 0.4) is 0 Å². The van der Waals surface area contributed by atoms with E-state index in [0.29, 0.717) is 23.7 Å². The van der Waals surface area contributed by atoms with Crippen LogP contribution in [0.15, 0.2) is 36.4 Å². The number of ether oxygens (including phenoxy) is 1. The van der Waals surface area contributed by atoms with Crippen molar-refractivity contribution in [2.75, 3.05) is 23.8 Å². The average molecular weight is 329 g/mol. The Balaban J connectivity index is 1.71. The summed E-state index contributed by atoms with van der Waals surface area (Å²) >= 11 is 0. The van der Waals surface area contributed by atoms with E-state index >= 15 is 0 Å². The van der Waals surface area contributed by atoms with E-state index in [4.69, 9.17) is 4.74 Å². The van der Waals surface area contributed by atoms with E-state index in [1.165, 1.54) is 29.3 Å². The number of hydrogen-bond donors (Lipinski definition) is 3. The van der Waals surface area contributed by atoms with Crippen LogP contribution in [-0.4, -0.2) is 19.2 Å². The van der Waals surface area contributed by atoms with Crippen molar-refractivity contribution < 1.29 is 13.9 Å². The van der Waals surface area contributed by atoms with Gasteiger partial charge >= 0.3 is 6.03 Å². The van der Waals surface area contributed by atoms with Gasteiger partial charge in [0.25, 0.3) is 0 Å². The quantitative estimate of drug-likeness (QED) is 0.804. The molecule has 1 heterocycles. The lowest BCUT2D eigenvalue weighted by atomic mass is 10.0. The van der Waals surface area contributed by atoms with Gasteiger partial charge in [-0.15, -0.1) is 0 Å². The summed E-state index contributed by atoms with van der Waals surface area (Å²) in [6, 6.07) is 9.45. The topological polar surface area (TPSA) is 62.4 Å². The van der Waals surface area contributed by atoms with Crippen molar-refractivity contribution in [2.45, 2.75) is 19.9 Å². The minimum absolute atomic E-state index is 0.302. The van der Waals surface area contributed by atoms with Crippen molar-refractivity contribution in [1.82, 2.24) is 5.32 Å². The lowest BCUT2D eigenvalue weighted by molar-refractivity contribution is 0.262. The molecule has 0 fully saturated rings. The highest BCUT2D eigenvalue weighted by molar-refractivity contribution is 6.00. The summed E-state index contributed by atoms with van der Waals surface area (Å²) in [6.07, 6.45) is 0.935. The van der Waals surface area contributed by atoms with Crippen molar-refractivity contribution in [3.63, 3.8) is 0 Å². The Labute approximate surface area is 140 Å². The molecule has 2 aromatic carbocycles. The van der Waals surface area contributed by atoms with E-state index in [1.54, 1.807) is 0 Å². The molecule has 0 saturated carbocycles. The van der Waals surface area contributed by atoms with Crippen LogP contribution in [0.5, 0.6) is 5.75 Å². The predicted octanol–water partition coefficient (Wildman–Crippen LogP) is 3.51. The van der Waals surface area contributed by atoms with Gasteiger partial charge in [-0.3, -0.25) is 0 Å². The molecule has 2 aromatic rings. The van der Waals surface area contributed by atoms with Gasteiger partial charge in [0.2, 0.25) is 0 Å². The Hall–Kier alpha value is -2.60. The molecule has 5 nitrogen and oxygen atoms in total. The number of amides is 2. The summed E-state index contributed by atoms with van der Waals surface area (Å²) in [5.74, 6) is 0.000555. The Bertz CT molecular complexity index is 749. The summed E-state index contributed by atoms with van der Waals surface area (Å²) in [4.78, 5) is 12.2. The number of halogens is 1. The normalized spacial score (nSPS) is 13.1. The molecular weight excluding hydrogens is 309 g/mol. The zero-order valence-electron chi connectivity index (χ0n) is 13.5. The monoisotopic (exact) mass is 329 g/mol. The van der Waals surface area contributed by atoms with Gasteiger partial charge in [0.15, 0.2) is 0 Å². The third kappa shape index (κ3) is 3.83. The van der Waals surface area contributed by atoms with Crippen molar-refractivity contribution in [3.8, 4) is 5.75 Å². The highest BCUT2D eigenvalue weighted by Crippen LogP contribution is 2.26. The van der Waals surface area contributed by atoms with Crippen molar-refractivity contribution in [2.24, 2.45) is 0 Å². The van der Waals surface area contributed by atoms with E-state index in [9.17, 15) is 9.18 Å². The number of carbonyl (C=O) groups excluding carboxylic acids is 1. The number of urea groups is 1. The summed E-state index contributed by atoms with van der Waals surface area (Å²) in [5, 5.41) is 8.73. The third-order valence-electron chi connectivity index (χ3n) is 3.84. The second-order valence-electron chi connectivity index (χ2n) is 5.56. The maximum Gasteiger partial charge on any atom is 0.323 e. The maximum absolute atomic E-state index is 13.4. The summed E-state index contributed by atoms with van der Waals surface area (Å²) in [6.45, 7) is 4.04. The number of rotatable bonds is 4. The number of anilines is 2. The van der Waals surface area contributed by atoms with Crippen LogP contribution in [0.2, 0.25) is 0 Å². The summed E-state index contributed by atoms with van der Waals surface area (Å²) in [7, 11) is 0. The fraction of sp³-hybridized carbons (Fsp3) is 0.278. The Kier molecular flexibility index (Phi) is 4.96. The number of carbonyl (C=O) groups is 1. The molecule has 0 bridgehead atoms. The molecule has 1 aliphatic rings. The van der Waals surface area contributed by atoms with Gasteiger partial charge in [-0.05, 0) is 55.3 Å². The first kappa shape index (κ1) is 16.3. The van der Waals surface area contributed by atoms with Crippen LogP contribution in [-0.2, 0) is 13.0 Å². The molecule has 24 heavy (non-hydrogen) atoms. The van der Waals surface area contributed by atoms with Crippen LogP contribution in [0, 0.1) is 5.82 Å². The highest BCUT2D eigenvalue weighted by Gasteiger charge is 2.12. The van der Waals surface area contributed by atoms with Crippen LogP contribution < -0.4 is 20.7 Å². The second kappa shape index (κ2) is 7.31.